The molecule has 0 radical (unpaired) electrons. The Morgan fingerprint density at radius 3 is 2.35 bits per heavy atom. The first-order valence-electron chi connectivity index (χ1n) is 5.98. The van der Waals surface area contributed by atoms with Crippen LogP contribution in [0.2, 0.25) is 5.02 Å². The van der Waals surface area contributed by atoms with E-state index in [0.29, 0.717) is 16.8 Å². The highest BCUT2D eigenvalue weighted by Crippen LogP contribution is 2.16. The van der Waals surface area contributed by atoms with Gasteiger partial charge in [-0.05, 0) is 42.3 Å². The fraction of sp³-hybridized carbons (Fsp3) is 0. The van der Waals surface area contributed by atoms with Gasteiger partial charge in [-0.1, -0.05) is 40.8 Å². The monoisotopic (exact) mass is 280 g/mol. The zero-order valence-corrected chi connectivity index (χ0v) is 11.1. The van der Waals surface area contributed by atoms with Crippen molar-refractivity contribution in [1.82, 2.24) is 10.2 Å². The summed E-state index contributed by atoms with van der Waals surface area (Å²) in [6.45, 7) is 0. The lowest BCUT2D eigenvalue weighted by atomic mass is 10.2. The SMILES string of the molecule is Clc1ccc(C#Cc2nnc(-c3ccccc3)o2)cc1. The van der Waals surface area contributed by atoms with Crippen molar-refractivity contribution >= 4 is 11.6 Å². The summed E-state index contributed by atoms with van der Waals surface area (Å²) < 4.78 is 5.49. The topological polar surface area (TPSA) is 38.9 Å². The molecule has 4 heteroatoms. The predicted molar refractivity (Wildman–Crippen MR) is 77.2 cm³/mol. The van der Waals surface area contributed by atoms with Gasteiger partial charge in [0.2, 0.25) is 5.89 Å². The molecule has 96 valence electrons. The molecule has 2 aromatic carbocycles. The fourth-order valence-electron chi connectivity index (χ4n) is 1.63. The first kappa shape index (κ1) is 12.5. The third-order valence-electron chi connectivity index (χ3n) is 2.60. The Labute approximate surface area is 121 Å². The van der Waals surface area contributed by atoms with Crippen molar-refractivity contribution in [2.24, 2.45) is 0 Å². The second-order valence-corrected chi connectivity index (χ2v) is 4.47. The standard InChI is InChI=1S/C16H9ClN2O/c17-14-9-6-12(7-10-14)8-11-15-18-19-16(20-15)13-4-2-1-3-5-13/h1-7,9-10H. The highest BCUT2D eigenvalue weighted by atomic mass is 35.5. The maximum absolute atomic E-state index is 5.81. The maximum atomic E-state index is 5.81. The van der Waals surface area contributed by atoms with Crippen molar-refractivity contribution in [3.05, 3.63) is 71.1 Å². The van der Waals surface area contributed by atoms with E-state index in [0.717, 1.165) is 11.1 Å². The molecule has 0 saturated heterocycles. The molecule has 0 atom stereocenters. The zero-order chi connectivity index (χ0) is 13.8. The van der Waals surface area contributed by atoms with Gasteiger partial charge < -0.3 is 4.42 Å². The molecule has 0 fully saturated rings. The van der Waals surface area contributed by atoms with Crippen LogP contribution >= 0.6 is 11.6 Å². The number of nitrogens with zero attached hydrogens (tertiary/aromatic N) is 2. The summed E-state index contributed by atoms with van der Waals surface area (Å²) in [5.74, 6) is 6.54. The Hall–Kier alpha value is -2.57. The Bertz CT molecular complexity index is 767. The summed E-state index contributed by atoms with van der Waals surface area (Å²) in [6, 6.07) is 16.8. The van der Waals surface area contributed by atoms with E-state index in [2.05, 4.69) is 22.0 Å². The van der Waals surface area contributed by atoms with Crippen LogP contribution in [0.3, 0.4) is 0 Å². The molecular formula is C16H9ClN2O. The normalized spacial score (nSPS) is 9.85. The van der Waals surface area contributed by atoms with E-state index in [1.54, 1.807) is 12.1 Å². The Morgan fingerprint density at radius 2 is 1.60 bits per heavy atom. The van der Waals surface area contributed by atoms with Crippen molar-refractivity contribution in [2.75, 3.05) is 0 Å². The van der Waals surface area contributed by atoms with E-state index in [9.17, 15) is 0 Å². The average Bonchev–Trinajstić information content (AvgIpc) is 2.97. The Kier molecular flexibility index (Phi) is 3.49. The Balaban J connectivity index is 1.83. The van der Waals surface area contributed by atoms with Gasteiger partial charge in [-0.2, -0.15) is 0 Å². The molecule has 0 aliphatic heterocycles. The fourth-order valence-corrected chi connectivity index (χ4v) is 1.76. The van der Waals surface area contributed by atoms with Crippen LogP contribution < -0.4 is 0 Å². The Morgan fingerprint density at radius 1 is 0.850 bits per heavy atom. The molecule has 0 aliphatic rings. The summed E-state index contributed by atoms with van der Waals surface area (Å²) in [6.07, 6.45) is 0. The first-order valence-corrected chi connectivity index (χ1v) is 6.35. The largest absolute Gasteiger partial charge is 0.410 e. The van der Waals surface area contributed by atoms with Gasteiger partial charge in [0, 0.05) is 16.1 Å². The average molecular weight is 281 g/mol. The van der Waals surface area contributed by atoms with Crippen LogP contribution in [-0.4, -0.2) is 10.2 Å². The molecule has 0 bridgehead atoms. The van der Waals surface area contributed by atoms with Crippen molar-refractivity contribution < 1.29 is 4.42 Å². The van der Waals surface area contributed by atoms with Gasteiger partial charge in [-0.3, -0.25) is 0 Å². The predicted octanol–water partition coefficient (Wildman–Crippen LogP) is 3.79. The molecule has 0 spiro atoms. The third kappa shape index (κ3) is 2.87. The lowest BCUT2D eigenvalue weighted by molar-refractivity contribution is 0.555. The summed E-state index contributed by atoms with van der Waals surface area (Å²) in [7, 11) is 0. The van der Waals surface area contributed by atoms with Gasteiger partial charge in [-0.15, -0.1) is 5.10 Å². The first-order chi connectivity index (χ1) is 9.81. The highest BCUT2D eigenvalue weighted by molar-refractivity contribution is 6.30. The number of aromatic nitrogens is 2. The number of rotatable bonds is 1. The molecule has 3 nitrogen and oxygen atoms in total. The second kappa shape index (κ2) is 5.60. The van der Waals surface area contributed by atoms with E-state index >= 15 is 0 Å². The summed E-state index contributed by atoms with van der Waals surface area (Å²) in [5.41, 5.74) is 1.72. The van der Waals surface area contributed by atoms with Crippen molar-refractivity contribution in [3.63, 3.8) is 0 Å². The molecule has 0 N–H and O–H groups in total. The molecule has 0 amide bonds. The number of benzene rings is 2. The van der Waals surface area contributed by atoms with Gasteiger partial charge in [0.25, 0.3) is 5.89 Å². The van der Waals surface area contributed by atoms with Crippen molar-refractivity contribution in [1.29, 1.82) is 0 Å². The molecule has 1 aromatic heterocycles. The molecule has 1 heterocycles. The second-order valence-electron chi connectivity index (χ2n) is 4.04. The minimum absolute atomic E-state index is 0.291. The third-order valence-corrected chi connectivity index (χ3v) is 2.86. The van der Waals surface area contributed by atoms with Gasteiger partial charge in [0.1, 0.15) is 0 Å². The van der Waals surface area contributed by atoms with Crippen LogP contribution in [0.5, 0.6) is 0 Å². The quantitative estimate of drug-likeness (QED) is 0.637. The van der Waals surface area contributed by atoms with Crippen LogP contribution in [0.15, 0.2) is 59.0 Å². The van der Waals surface area contributed by atoms with Crippen molar-refractivity contribution in [3.8, 4) is 23.3 Å². The van der Waals surface area contributed by atoms with E-state index in [1.165, 1.54) is 0 Å². The van der Waals surface area contributed by atoms with Crippen LogP contribution in [0.4, 0.5) is 0 Å². The van der Waals surface area contributed by atoms with Crippen molar-refractivity contribution in [2.45, 2.75) is 0 Å². The lowest BCUT2D eigenvalue weighted by Gasteiger charge is -1.90. The maximum Gasteiger partial charge on any atom is 0.294 e. The van der Waals surface area contributed by atoms with Gasteiger partial charge in [0.05, 0.1) is 0 Å². The zero-order valence-electron chi connectivity index (χ0n) is 10.4. The van der Waals surface area contributed by atoms with Gasteiger partial charge >= 0.3 is 0 Å². The van der Waals surface area contributed by atoms with E-state index in [1.807, 2.05) is 42.5 Å². The molecule has 3 aromatic rings. The molecule has 0 saturated carbocycles. The van der Waals surface area contributed by atoms with Crippen LogP contribution in [-0.2, 0) is 0 Å². The minimum atomic E-state index is 0.291. The number of hydrogen-bond acceptors (Lipinski definition) is 3. The van der Waals surface area contributed by atoms with E-state index < -0.39 is 0 Å². The molecule has 0 aliphatic carbocycles. The molecule has 0 unspecified atom stereocenters. The minimum Gasteiger partial charge on any atom is -0.410 e. The van der Waals surface area contributed by atoms with E-state index in [4.69, 9.17) is 16.0 Å². The highest BCUT2D eigenvalue weighted by Gasteiger charge is 2.05. The van der Waals surface area contributed by atoms with E-state index in [-0.39, 0.29) is 0 Å². The van der Waals surface area contributed by atoms with Gasteiger partial charge in [0.15, 0.2) is 0 Å². The van der Waals surface area contributed by atoms with Crippen LogP contribution in [0.25, 0.3) is 11.5 Å². The number of hydrogen-bond donors (Lipinski definition) is 0. The lowest BCUT2D eigenvalue weighted by Crippen LogP contribution is -1.76. The molecule has 20 heavy (non-hydrogen) atoms. The molecule has 3 rings (SSSR count). The molecular weight excluding hydrogens is 272 g/mol. The summed E-state index contributed by atoms with van der Waals surface area (Å²) in [4.78, 5) is 0. The summed E-state index contributed by atoms with van der Waals surface area (Å²) in [5, 5.41) is 8.56. The summed E-state index contributed by atoms with van der Waals surface area (Å²) >= 11 is 5.81. The van der Waals surface area contributed by atoms with Gasteiger partial charge in [-0.25, -0.2) is 0 Å². The number of halogens is 1. The van der Waals surface area contributed by atoms with Crippen LogP contribution in [0, 0.1) is 11.8 Å². The van der Waals surface area contributed by atoms with Crippen LogP contribution in [0.1, 0.15) is 11.5 Å². The smallest absolute Gasteiger partial charge is 0.294 e.